The molecular weight excluding hydrogens is 430 g/mol. The van der Waals surface area contributed by atoms with Gasteiger partial charge in [0.25, 0.3) is 0 Å². The van der Waals surface area contributed by atoms with Crippen LogP contribution in [0, 0.1) is 12.3 Å². The number of aliphatic hydroxyl groups is 3. The number of amides is 1. The topological polar surface area (TPSA) is 99.0 Å². The molecule has 1 aliphatic heterocycles. The molecule has 0 aliphatic carbocycles. The van der Waals surface area contributed by atoms with Crippen LogP contribution in [0.25, 0.3) is 0 Å². The number of aryl methyl sites for hydroxylation is 2. The second-order valence-corrected chi connectivity index (χ2v) is 9.76. The zero-order valence-corrected chi connectivity index (χ0v) is 20.8. The van der Waals surface area contributed by atoms with E-state index in [-0.39, 0.29) is 12.5 Å². The van der Waals surface area contributed by atoms with E-state index in [1.54, 1.807) is 13.8 Å². The fraction of sp³-hybridized carbons (Fsp3) is 0.536. The highest BCUT2D eigenvalue weighted by Crippen LogP contribution is 2.16. The number of hydrogen-bond donors (Lipinski definition) is 4. The zero-order chi connectivity index (χ0) is 25.0. The molecule has 0 saturated carbocycles. The van der Waals surface area contributed by atoms with E-state index in [0.29, 0.717) is 26.2 Å². The summed E-state index contributed by atoms with van der Waals surface area (Å²) in [7, 11) is 0. The Kier molecular flexibility index (Phi) is 11.7. The summed E-state index contributed by atoms with van der Waals surface area (Å²) in [6.07, 6.45) is 3.51. The summed E-state index contributed by atoms with van der Waals surface area (Å²) >= 11 is 0. The molecule has 1 saturated heterocycles. The molecule has 0 bridgehead atoms. The molecule has 1 aliphatic rings. The van der Waals surface area contributed by atoms with Gasteiger partial charge >= 0.3 is 0 Å². The first kappa shape index (κ1) is 28.0. The summed E-state index contributed by atoms with van der Waals surface area (Å²) in [6.45, 7) is 6.93. The van der Waals surface area contributed by atoms with Gasteiger partial charge < -0.3 is 25.4 Å². The molecule has 6 heteroatoms. The smallest absolute Gasteiger partial charge is 0.227 e. The lowest BCUT2D eigenvalue weighted by atomic mass is 9.94. The predicted molar refractivity (Wildman–Crippen MR) is 135 cm³/mol. The molecule has 2 atom stereocenters. The highest BCUT2D eigenvalue weighted by molar-refractivity contribution is 5.81. The number of carbonyl (C=O) groups is 1. The normalized spacial score (nSPS) is 18.1. The lowest BCUT2D eigenvalue weighted by Gasteiger charge is -2.21. The third kappa shape index (κ3) is 9.94. The number of unbranched alkanes of at least 4 members (excludes halogenated alkanes) is 1. The molecule has 4 N–H and O–H groups in total. The first-order valence-electron chi connectivity index (χ1n) is 12.2. The number of benzene rings is 2. The van der Waals surface area contributed by atoms with Crippen molar-refractivity contribution in [3.8, 4) is 0 Å². The van der Waals surface area contributed by atoms with Crippen LogP contribution in [0.15, 0.2) is 48.5 Å². The molecular formula is C28H41NO5. The van der Waals surface area contributed by atoms with Crippen LogP contribution in [0.4, 0.5) is 0 Å². The Balaban J connectivity index is 0.000000430. The van der Waals surface area contributed by atoms with Gasteiger partial charge in [-0.25, -0.2) is 0 Å². The average Bonchev–Trinajstić information content (AvgIpc) is 2.81. The summed E-state index contributed by atoms with van der Waals surface area (Å²) in [4.78, 5) is 11.9. The second-order valence-electron chi connectivity index (χ2n) is 9.76. The van der Waals surface area contributed by atoms with E-state index < -0.39 is 17.6 Å². The molecule has 2 aromatic rings. The fourth-order valence-corrected chi connectivity index (χ4v) is 3.61. The zero-order valence-electron chi connectivity index (χ0n) is 20.8. The Bertz CT molecular complexity index is 857. The molecule has 3 rings (SSSR count). The van der Waals surface area contributed by atoms with Gasteiger partial charge in [-0.2, -0.15) is 0 Å². The van der Waals surface area contributed by atoms with Gasteiger partial charge in [0, 0.05) is 13.0 Å². The van der Waals surface area contributed by atoms with Gasteiger partial charge in [-0.05, 0) is 68.7 Å². The van der Waals surface area contributed by atoms with Gasteiger partial charge in [0.15, 0.2) is 0 Å². The Morgan fingerprint density at radius 1 is 1.00 bits per heavy atom. The Labute approximate surface area is 204 Å². The van der Waals surface area contributed by atoms with Gasteiger partial charge in [-0.15, -0.1) is 0 Å². The SMILES string of the molecule is Cc1ccccc1Cc1ccc(CCCCNC(=O)C(C)(C)CO)cc1.OC1COCC(O)C1. The van der Waals surface area contributed by atoms with Crippen molar-refractivity contribution < 1.29 is 24.9 Å². The monoisotopic (exact) mass is 471 g/mol. The maximum atomic E-state index is 11.9. The number of hydrogen-bond acceptors (Lipinski definition) is 5. The first-order valence-corrected chi connectivity index (χ1v) is 12.2. The molecule has 34 heavy (non-hydrogen) atoms. The van der Waals surface area contributed by atoms with E-state index in [4.69, 9.17) is 14.9 Å². The highest BCUT2D eigenvalue weighted by Gasteiger charge is 2.25. The third-order valence-electron chi connectivity index (χ3n) is 6.03. The van der Waals surface area contributed by atoms with Crippen molar-refractivity contribution in [2.75, 3.05) is 26.4 Å². The van der Waals surface area contributed by atoms with Crippen molar-refractivity contribution in [1.29, 1.82) is 0 Å². The minimum absolute atomic E-state index is 0.0828. The van der Waals surface area contributed by atoms with Crippen molar-refractivity contribution in [3.05, 3.63) is 70.8 Å². The largest absolute Gasteiger partial charge is 0.395 e. The standard InChI is InChI=1S/C23H31NO2.C5H10O3/c1-18-8-4-5-10-21(18)16-20-13-11-19(12-14-20)9-6-7-15-24-22(26)23(2,3)17-25;6-4-1-5(7)3-8-2-4/h4-5,8,10-14,25H,6-7,9,15-17H2,1-3H3,(H,24,26);4-7H,1-3H2. The van der Waals surface area contributed by atoms with Crippen LogP contribution in [0.3, 0.4) is 0 Å². The number of nitrogens with one attached hydrogen (secondary N) is 1. The van der Waals surface area contributed by atoms with E-state index in [1.165, 1.54) is 22.3 Å². The van der Waals surface area contributed by atoms with E-state index in [9.17, 15) is 9.90 Å². The number of aliphatic hydroxyl groups excluding tert-OH is 3. The molecule has 0 spiro atoms. The molecule has 2 aromatic carbocycles. The van der Waals surface area contributed by atoms with Gasteiger partial charge in [0.05, 0.1) is 37.4 Å². The van der Waals surface area contributed by atoms with Crippen molar-refractivity contribution >= 4 is 5.91 Å². The summed E-state index contributed by atoms with van der Waals surface area (Å²) in [5, 5.41) is 29.7. The average molecular weight is 472 g/mol. The van der Waals surface area contributed by atoms with Gasteiger partial charge in [0.2, 0.25) is 5.91 Å². The molecule has 1 amide bonds. The van der Waals surface area contributed by atoms with Crippen LogP contribution >= 0.6 is 0 Å². The van der Waals surface area contributed by atoms with Crippen LogP contribution in [-0.4, -0.2) is 59.8 Å². The van der Waals surface area contributed by atoms with E-state index in [0.717, 1.165) is 25.7 Å². The van der Waals surface area contributed by atoms with Gasteiger partial charge in [-0.3, -0.25) is 4.79 Å². The lowest BCUT2D eigenvalue weighted by Crippen LogP contribution is -2.39. The molecule has 6 nitrogen and oxygen atoms in total. The van der Waals surface area contributed by atoms with E-state index >= 15 is 0 Å². The Morgan fingerprint density at radius 2 is 1.62 bits per heavy atom. The van der Waals surface area contributed by atoms with E-state index in [2.05, 4.69) is 60.8 Å². The molecule has 1 heterocycles. The van der Waals surface area contributed by atoms with Crippen molar-refractivity contribution in [2.24, 2.45) is 5.41 Å². The Hall–Kier alpha value is -2.25. The van der Waals surface area contributed by atoms with Crippen LogP contribution < -0.4 is 5.32 Å². The van der Waals surface area contributed by atoms with Gasteiger partial charge in [0.1, 0.15) is 0 Å². The number of carbonyl (C=O) groups excluding carboxylic acids is 1. The van der Waals surface area contributed by atoms with Crippen molar-refractivity contribution in [3.63, 3.8) is 0 Å². The summed E-state index contributed by atoms with van der Waals surface area (Å²) in [5.74, 6) is -0.0828. The van der Waals surface area contributed by atoms with Gasteiger partial charge in [-0.1, -0.05) is 48.5 Å². The fourth-order valence-electron chi connectivity index (χ4n) is 3.61. The second kappa shape index (κ2) is 14.2. The van der Waals surface area contributed by atoms with Crippen LogP contribution in [0.5, 0.6) is 0 Å². The lowest BCUT2D eigenvalue weighted by molar-refractivity contribution is -0.131. The molecule has 0 radical (unpaired) electrons. The summed E-state index contributed by atoms with van der Waals surface area (Å²) in [6, 6.07) is 17.4. The molecule has 1 fully saturated rings. The molecule has 2 unspecified atom stereocenters. The number of ether oxygens (including phenoxy) is 1. The maximum Gasteiger partial charge on any atom is 0.227 e. The minimum Gasteiger partial charge on any atom is -0.395 e. The third-order valence-corrected chi connectivity index (χ3v) is 6.03. The number of rotatable bonds is 9. The molecule has 0 aromatic heterocycles. The first-order chi connectivity index (χ1) is 16.2. The van der Waals surface area contributed by atoms with Crippen LogP contribution in [0.2, 0.25) is 0 Å². The molecule has 188 valence electrons. The maximum absolute atomic E-state index is 11.9. The summed E-state index contributed by atoms with van der Waals surface area (Å²) in [5.41, 5.74) is 4.68. The van der Waals surface area contributed by atoms with Crippen molar-refractivity contribution in [1.82, 2.24) is 5.32 Å². The van der Waals surface area contributed by atoms with E-state index in [1.807, 2.05) is 0 Å². The Morgan fingerprint density at radius 3 is 2.18 bits per heavy atom. The summed E-state index contributed by atoms with van der Waals surface area (Å²) < 4.78 is 4.79. The minimum atomic E-state index is -0.701. The quantitative estimate of drug-likeness (QED) is 0.421. The van der Waals surface area contributed by atoms with Crippen LogP contribution in [0.1, 0.15) is 55.4 Å². The van der Waals surface area contributed by atoms with Crippen molar-refractivity contribution in [2.45, 2.75) is 65.1 Å². The highest BCUT2D eigenvalue weighted by atomic mass is 16.5. The van der Waals surface area contributed by atoms with Crippen LogP contribution in [-0.2, 0) is 22.4 Å². The predicted octanol–water partition coefficient (Wildman–Crippen LogP) is 3.17.